The van der Waals surface area contributed by atoms with E-state index in [0.717, 1.165) is 34.7 Å². The van der Waals surface area contributed by atoms with Gasteiger partial charge in [0.25, 0.3) is 0 Å². The van der Waals surface area contributed by atoms with E-state index in [0.29, 0.717) is 30.5 Å². The van der Waals surface area contributed by atoms with E-state index in [9.17, 15) is 13.2 Å². The van der Waals surface area contributed by atoms with E-state index in [4.69, 9.17) is 11.6 Å². The Balaban J connectivity index is 1.56. The highest BCUT2D eigenvalue weighted by atomic mass is 35.5. The number of nitrogens with zero attached hydrogens (tertiary/aromatic N) is 3. The molecule has 0 aliphatic carbocycles. The molecule has 0 radical (unpaired) electrons. The molecular weight excluding hydrogens is 429 g/mol. The average Bonchev–Trinajstić information content (AvgIpc) is 2.72. The normalized spacial score (nSPS) is 13.6. The van der Waals surface area contributed by atoms with Crippen molar-refractivity contribution in [1.82, 2.24) is 9.97 Å². The molecule has 9 heteroatoms. The molecular formula is C22H20ClF3N4O. The summed E-state index contributed by atoms with van der Waals surface area (Å²) in [5, 5.41) is 3.80. The second-order valence-electron chi connectivity index (χ2n) is 7.18. The van der Waals surface area contributed by atoms with Gasteiger partial charge in [-0.05, 0) is 54.3 Å². The predicted octanol–water partition coefficient (Wildman–Crippen LogP) is 5.90. The quantitative estimate of drug-likeness (QED) is 0.527. The number of aryl methyl sites for hydroxylation is 1. The van der Waals surface area contributed by atoms with Crippen molar-refractivity contribution in [3.05, 3.63) is 70.4 Å². The highest BCUT2D eigenvalue weighted by molar-refractivity contribution is 6.30. The molecule has 2 heterocycles. The lowest BCUT2D eigenvalue weighted by atomic mass is 9.99. The number of benzene rings is 2. The summed E-state index contributed by atoms with van der Waals surface area (Å²) in [5.41, 5.74) is 3.46. The maximum atomic E-state index is 12.5. The van der Waals surface area contributed by atoms with Gasteiger partial charge in [-0.3, -0.25) is 0 Å². The molecule has 4 rings (SSSR count). The van der Waals surface area contributed by atoms with Crippen molar-refractivity contribution in [2.75, 3.05) is 16.8 Å². The maximum absolute atomic E-state index is 12.5. The Morgan fingerprint density at radius 3 is 2.68 bits per heavy atom. The number of rotatable bonds is 5. The SMILES string of the molecule is CCc1cc(N2CCc3cc(OC(F)(F)F)ccc3C2)nc(Nc2cccc(Cl)c2)n1. The zero-order chi connectivity index (χ0) is 22.0. The van der Waals surface area contributed by atoms with Crippen molar-refractivity contribution < 1.29 is 17.9 Å². The third-order valence-electron chi connectivity index (χ3n) is 4.96. The topological polar surface area (TPSA) is 50.3 Å². The Morgan fingerprint density at radius 2 is 1.94 bits per heavy atom. The molecule has 0 saturated carbocycles. The zero-order valence-electron chi connectivity index (χ0n) is 16.7. The van der Waals surface area contributed by atoms with Crippen molar-refractivity contribution in [2.45, 2.75) is 32.7 Å². The fourth-order valence-electron chi connectivity index (χ4n) is 3.50. The Kier molecular flexibility index (Phi) is 5.91. The molecule has 0 atom stereocenters. The number of ether oxygens (including phenoxy) is 1. The summed E-state index contributed by atoms with van der Waals surface area (Å²) < 4.78 is 41.5. The Hall–Kier alpha value is -3.00. The minimum atomic E-state index is -4.70. The van der Waals surface area contributed by atoms with Gasteiger partial charge < -0.3 is 15.0 Å². The van der Waals surface area contributed by atoms with E-state index in [1.165, 1.54) is 12.1 Å². The third kappa shape index (κ3) is 5.38. The average molecular weight is 449 g/mol. The summed E-state index contributed by atoms with van der Waals surface area (Å²) in [6.07, 6.45) is -3.37. The van der Waals surface area contributed by atoms with Crippen LogP contribution in [0.1, 0.15) is 23.7 Å². The lowest BCUT2D eigenvalue weighted by Gasteiger charge is -2.30. The molecule has 31 heavy (non-hydrogen) atoms. The Bertz CT molecular complexity index is 1090. The monoisotopic (exact) mass is 448 g/mol. The molecule has 0 amide bonds. The van der Waals surface area contributed by atoms with E-state index in [-0.39, 0.29) is 5.75 Å². The van der Waals surface area contributed by atoms with Gasteiger partial charge in [-0.1, -0.05) is 30.7 Å². The van der Waals surface area contributed by atoms with Crippen LogP contribution in [0, 0.1) is 0 Å². The van der Waals surface area contributed by atoms with Crippen molar-refractivity contribution in [3.8, 4) is 5.75 Å². The zero-order valence-corrected chi connectivity index (χ0v) is 17.5. The first-order chi connectivity index (χ1) is 14.8. The Labute approximate surface area is 182 Å². The van der Waals surface area contributed by atoms with Gasteiger partial charge >= 0.3 is 6.36 Å². The number of hydrogen-bond acceptors (Lipinski definition) is 5. The molecule has 3 aromatic rings. The van der Waals surface area contributed by atoms with E-state index in [2.05, 4.69) is 24.9 Å². The molecule has 0 bridgehead atoms. The molecule has 0 saturated heterocycles. The van der Waals surface area contributed by atoms with E-state index >= 15 is 0 Å². The molecule has 1 aliphatic heterocycles. The van der Waals surface area contributed by atoms with Crippen LogP contribution in [0.3, 0.4) is 0 Å². The predicted molar refractivity (Wildman–Crippen MR) is 114 cm³/mol. The highest BCUT2D eigenvalue weighted by Gasteiger charge is 2.31. The number of aromatic nitrogens is 2. The molecule has 162 valence electrons. The van der Waals surface area contributed by atoms with Gasteiger partial charge in [-0.25, -0.2) is 4.98 Å². The van der Waals surface area contributed by atoms with Crippen LogP contribution in [0.5, 0.6) is 5.75 Å². The fraction of sp³-hybridized carbons (Fsp3) is 0.273. The molecule has 0 fully saturated rings. The molecule has 1 aliphatic rings. The summed E-state index contributed by atoms with van der Waals surface area (Å²) >= 11 is 6.06. The largest absolute Gasteiger partial charge is 0.573 e. The van der Waals surface area contributed by atoms with Crippen LogP contribution in [0.2, 0.25) is 5.02 Å². The summed E-state index contributed by atoms with van der Waals surface area (Å²) in [5.74, 6) is 1.04. The molecule has 1 N–H and O–H groups in total. The van der Waals surface area contributed by atoms with Gasteiger partial charge in [0.15, 0.2) is 0 Å². The first-order valence-corrected chi connectivity index (χ1v) is 10.2. The van der Waals surface area contributed by atoms with E-state index in [1.54, 1.807) is 18.2 Å². The Morgan fingerprint density at radius 1 is 1.10 bits per heavy atom. The lowest BCUT2D eigenvalue weighted by Crippen LogP contribution is -2.31. The number of fused-ring (bicyclic) bond motifs is 1. The van der Waals surface area contributed by atoms with Crippen LogP contribution in [0.4, 0.5) is 30.6 Å². The lowest BCUT2D eigenvalue weighted by molar-refractivity contribution is -0.274. The first kappa shape index (κ1) is 21.2. The van der Waals surface area contributed by atoms with Gasteiger partial charge in [-0.15, -0.1) is 13.2 Å². The third-order valence-corrected chi connectivity index (χ3v) is 5.19. The summed E-state index contributed by atoms with van der Waals surface area (Å²) in [6.45, 7) is 3.18. The van der Waals surface area contributed by atoms with Gasteiger partial charge in [0.1, 0.15) is 11.6 Å². The van der Waals surface area contributed by atoms with Crippen LogP contribution < -0.4 is 15.0 Å². The van der Waals surface area contributed by atoms with Crippen molar-refractivity contribution in [3.63, 3.8) is 0 Å². The van der Waals surface area contributed by atoms with Gasteiger partial charge in [0.05, 0.1) is 0 Å². The smallest absolute Gasteiger partial charge is 0.406 e. The standard InChI is InChI=1S/C22H20ClF3N4O/c1-2-17-12-20(29-21(27-17)28-18-5-3-4-16(23)11-18)30-9-8-14-10-19(31-22(24,25)26)7-6-15(14)13-30/h3-7,10-12H,2,8-9,13H2,1H3,(H,27,28,29). The van der Waals surface area contributed by atoms with Crippen LogP contribution >= 0.6 is 11.6 Å². The number of alkyl halides is 3. The van der Waals surface area contributed by atoms with E-state index < -0.39 is 6.36 Å². The highest BCUT2D eigenvalue weighted by Crippen LogP contribution is 2.30. The van der Waals surface area contributed by atoms with Crippen molar-refractivity contribution >= 4 is 29.1 Å². The van der Waals surface area contributed by atoms with Crippen LogP contribution in [0.25, 0.3) is 0 Å². The minimum Gasteiger partial charge on any atom is -0.406 e. The molecule has 1 aromatic heterocycles. The summed E-state index contributed by atoms with van der Waals surface area (Å²) in [7, 11) is 0. The molecule has 0 spiro atoms. The molecule has 5 nitrogen and oxygen atoms in total. The molecule has 2 aromatic carbocycles. The van der Waals surface area contributed by atoms with Gasteiger partial charge in [-0.2, -0.15) is 4.98 Å². The van der Waals surface area contributed by atoms with Gasteiger partial charge in [0.2, 0.25) is 5.95 Å². The van der Waals surface area contributed by atoms with Crippen LogP contribution in [-0.4, -0.2) is 22.9 Å². The van der Waals surface area contributed by atoms with Gasteiger partial charge in [0, 0.05) is 35.6 Å². The van der Waals surface area contributed by atoms with Crippen molar-refractivity contribution in [1.29, 1.82) is 0 Å². The first-order valence-electron chi connectivity index (χ1n) is 9.82. The van der Waals surface area contributed by atoms with Crippen LogP contribution in [-0.2, 0) is 19.4 Å². The second-order valence-corrected chi connectivity index (χ2v) is 7.62. The number of halogens is 4. The fourth-order valence-corrected chi connectivity index (χ4v) is 3.69. The maximum Gasteiger partial charge on any atom is 0.573 e. The summed E-state index contributed by atoms with van der Waals surface area (Å²) in [6, 6.07) is 13.7. The number of hydrogen-bond donors (Lipinski definition) is 1. The summed E-state index contributed by atoms with van der Waals surface area (Å²) in [4.78, 5) is 11.3. The number of nitrogens with one attached hydrogen (secondary N) is 1. The van der Waals surface area contributed by atoms with Crippen LogP contribution in [0.15, 0.2) is 48.5 Å². The molecule has 0 unspecified atom stereocenters. The van der Waals surface area contributed by atoms with Crippen molar-refractivity contribution in [2.24, 2.45) is 0 Å². The second kappa shape index (κ2) is 8.63. The van der Waals surface area contributed by atoms with E-state index in [1.807, 2.05) is 25.1 Å². The minimum absolute atomic E-state index is 0.192. The number of anilines is 3.